The molecular weight excluding hydrogens is 348 g/mol. The highest BCUT2D eigenvalue weighted by atomic mass is 35.5. The molecule has 2 heterocycles. The Hall–Kier alpha value is -1.70. The van der Waals surface area contributed by atoms with E-state index < -0.39 is 10.0 Å². The predicted molar refractivity (Wildman–Crippen MR) is 93.6 cm³/mol. The molecule has 8 heteroatoms. The minimum absolute atomic E-state index is 0.199. The van der Waals surface area contributed by atoms with Gasteiger partial charge < -0.3 is 5.32 Å². The van der Waals surface area contributed by atoms with Gasteiger partial charge in [0.2, 0.25) is 10.0 Å². The third-order valence-electron chi connectivity index (χ3n) is 4.04. The molecule has 0 amide bonds. The lowest BCUT2D eigenvalue weighted by Gasteiger charge is -2.31. The van der Waals surface area contributed by atoms with Gasteiger partial charge in [-0.05, 0) is 38.0 Å². The van der Waals surface area contributed by atoms with Crippen molar-refractivity contribution in [1.29, 1.82) is 0 Å². The molecule has 1 saturated heterocycles. The number of nitrogens with zero attached hydrogens (tertiary/aromatic N) is 3. The quantitative estimate of drug-likeness (QED) is 0.900. The zero-order valence-electron chi connectivity index (χ0n) is 13.3. The number of rotatable bonds is 4. The molecular formula is C16H19ClN4O2S. The van der Waals surface area contributed by atoms with Gasteiger partial charge in [0.05, 0.1) is 4.90 Å². The Morgan fingerprint density at radius 3 is 2.62 bits per heavy atom. The van der Waals surface area contributed by atoms with E-state index in [1.807, 2.05) is 13.0 Å². The molecule has 24 heavy (non-hydrogen) atoms. The van der Waals surface area contributed by atoms with E-state index in [1.54, 1.807) is 18.2 Å². The number of piperidine rings is 1. The first-order chi connectivity index (χ1) is 11.4. The van der Waals surface area contributed by atoms with Crippen molar-refractivity contribution in [1.82, 2.24) is 14.3 Å². The van der Waals surface area contributed by atoms with Gasteiger partial charge in [0.25, 0.3) is 0 Å². The topological polar surface area (TPSA) is 75.2 Å². The van der Waals surface area contributed by atoms with E-state index in [-0.39, 0.29) is 10.9 Å². The SMILES string of the molecule is Cc1cc(NC2CCN(S(=O)(=O)c3cccc(Cl)c3)CC2)ncn1. The number of aromatic nitrogens is 2. The normalized spacial score (nSPS) is 16.9. The molecule has 3 rings (SSSR count). The van der Waals surface area contributed by atoms with Crippen molar-refractivity contribution in [3.8, 4) is 0 Å². The number of hydrogen-bond acceptors (Lipinski definition) is 5. The van der Waals surface area contributed by atoms with Gasteiger partial charge in [-0.3, -0.25) is 0 Å². The second-order valence-corrected chi connectivity index (χ2v) is 8.20. The molecule has 2 aromatic rings. The maximum absolute atomic E-state index is 12.7. The predicted octanol–water partition coefficient (Wildman–Crippen LogP) is 2.70. The molecule has 1 fully saturated rings. The summed E-state index contributed by atoms with van der Waals surface area (Å²) in [5.41, 5.74) is 0.897. The molecule has 0 spiro atoms. The Bertz CT molecular complexity index is 820. The molecule has 128 valence electrons. The maximum Gasteiger partial charge on any atom is 0.243 e. The summed E-state index contributed by atoms with van der Waals surface area (Å²) >= 11 is 5.91. The Morgan fingerprint density at radius 1 is 1.21 bits per heavy atom. The van der Waals surface area contributed by atoms with Crippen LogP contribution in [-0.4, -0.2) is 41.8 Å². The largest absolute Gasteiger partial charge is 0.367 e. The Labute approximate surface area is 146 Å². The fraction of sp³-hybridized carbons (Fsp3) is 0.375. The Balaban J connectivity index is 1.64. The van der Waals surface area contributed by atoms with Crippen molar-refractivity contribution in [3.05, 3.63) is 47.4 Å². The van der Waals surface area contributed by atoms with Crippen LogP contribution >= 0.6 is 11.6 Å². The van der Waals surface area contributed by atoms with Crippen LogP contribution in [0, 0.1) is 6.92 Å². The number of halogens is 1. The van der Waals surface area contributed by atoms with Crippen molar-refractivity contribution >= 4 is 27.4 Å². The van der Waals surface area contributed by atoms with Crippen molar-refractivity contribution < 1.29 is 8.42 Å². The first kappa shape index (κ1) is 17.1. The van der Waals surface area contributed by atoms with E-state index in [0.717, 1.165) is 24.4 Å². The molecule has 1 aliphatic rings. The standard InChI is InChI=1S/C16H19ClN4O2S/c1-12-9-16(19-11-18-12)20-14-5-7-21(8-6-14)24(22,23)15-4-2-3-13(17)10-15/h2-4,9-11,14H,5-8H2,1H3,(H,18,19,20). The van der Waals surface area contributed by atoms with Crippen LogP contribution in [0.15, 0.2) is 41.6 Å². The first-order valence-corrected chi connectivity index (χ1v) is 9.58. The smallest absolute Gasteiger partial charge is 0.243 e. The van der Waals surface area contributed by atoms with E-state index in [9.17, 15) is 8.42 Å². The maximum atomic E-state index is 12.7. The van der Waals surface area contributed by atoms with Gasteiger partial charge in [0.1, 0.15) is 12.1 Å². The van der Waals surface area contributed by atoms with Gasteiger partial charge in [0, 0.05) is 35.9 Å². The zero-order valence-corrected chi connectivity index (χ0v) is 14.9. The van der Waals surface area contributed by atoms with E-state index in [1.165, 1.54) is 16.7 Å². The Morgan fingerprint density at radius 2 is 1.96 bits per heavy atom. The molecule has 0 saturated carbocycles. The summed E-state index contributed by atoms with van der Waals surface area (Å²) in [6, 6.07) is 8.47. The highest BCUT2D eigenvalue weighted by Gasteiger charge is 2.29. The summed E-state index contributed by atoms with van der Waals surface area (Å²) in [4.78, 5) is 8.50. The third-order valence-corrected chi connectivity index (χ3v) is 6.17. The number of benzene rings is 1. The molecule has 1 aromatic heterocycles. The molecule has 0 bridgehead atoms. The molecule has 6 nitrogen and oxygen atoms in total. The highest BCUT2D eigenvalue weighted by molar-refractivity contribution is 7.89. The van der Waals surface area contributed by atoms with E-state index >= 15 is 0 Å². The minimum Gasteiger partial charge on any atom is -0.367 e. The summed E-state index contributed by atoms with van der Waals surface area (Å²) < 4.78 is 26.9. The van der Waals surface area contributed by atoms with Gasteiger partial charge in [-0.2, -0.15) is 4.31 Å². The van der Waals surface area contributed by atoms with Crippen molar-refractivity contribution in [2.24, 2.45) is 0 Å². The van der Waals surface area contributed by atoms with Crippen LogP contribution in [0.4, 0.5) is 5.82 Å². The van der Waals surface area contributed by atoms with Crippen LogP contribution in [-0.2, 0) is 10.0 Å². The summed E-state index contributed by atoms with van der Waals surface area (Å²) in [6.45, 7) is 2.85. The van der Waals surface area contributed by atoms with Crippen LogP contribution in [0.5, 0.6) is 0 Å². The fourth-order valence-corrected chi connectivity index (χ4v) is 4.53. The zero-order chi connectivity index (χ0) is 17.2. The van der Waals surface area contributed by atoms with Crippen LogP contribution < -0.4 is 5.32 Å². The van der Waals surface area contributed by atoms with E-state index in [0.29, 0.717) is 18.1 Å². The Kier molecular flexibility index (Phi) is 5.03. The van der Waals surface area contributed by atoms with Gasteiger partial charge in [-0.15, -0.1) is 0 Å². The molecule has 1 N–H and O–H groups in total. The number of sulfonamides is 1. The second kappa shape index (κ2) is 7.04. The molecule has 0 unspecified atom stereocenters. The summed E-state index contributed by atoms with van der Waals surface area (Å²) in [5, 5.41) is 3.77. The van der Waals surface area contributed by atoms with Crippen LogP contribution in [0.1, 0.15) is 18.5 Å². The summed E-state index contributed by atoms with van der Waals surface area (Å²) in [7, 11) is -3.49. The number of nitrogens with one attached hydrogen (secondary N) is 1. The lowest BCUT2D eigenvalue weighted by molar-refractivity contribution is 0.329. The lowest BCUT2D eigenvalue weighted by atomic mass is 10.1. The lowest BCUT2D eigenvalue weighted by Crippen LogP contribution is -2.42. The fourth-order valence-electron chi connectivity index (χ4n) is 2.76. The average molecular weight is 367 g/mol. The average Bonchev–Trinajstić information content (AvgIpc) is 2.55. The van der Waals surface area contributed by atoms with E-state index in [4.69, 9.17) is 11.6 Å². The molecule has 0 radical (unpaired) electrons. The molecule has 0 aliphatic carbocycles. The summed E-state index contributed by atoms with van der Waals surface area (Å²) in [5.74, 6) is 0.777. The third kappa shape index (κ3) is 3.85. The van der Waals surface area contributed by atoms with Gasteiger partial charge >= 0.3 is 0 Å². The monoisotopic (exact) mass is 366 g/mol. The molecule has 0 atom stereocenters. The molecule has 1 aliphatic heterocycles. The van der Waals surface area contributed by atoms with Crippen LogP contribution in [0.25, 0.3) is 0 Å². The number of aryl methyl sites for hydroxylation is 1. The minimum atomic E-state index is -3.49. The summed E-state index contributed by atoms with van der Waals surface area (Å²) in [6.07, 6.45) is 2.97. The highest BCUT2D eigenvalue weighted by Crippen LogP contribution is 2.24. The number of hydrogen-bond donors (Lipinski definition) is 1. The van der Waals surface area contributed by atoms with Crippen LogP contribution in [0.3, 0.4) is 0 Å². The van der Waals surface area contributed by atoms with Crippen LogP contribution in [0.2, 0.25) is 5.02 Å². The molecule has 1 aromatic carbocycles. The van der Waals surface area contributed by atoms with Gasteiger partial charge in [-0.25, -0.2) is 18.4 Å². The van der Waals surface area contributed by atoms with Crippen molar-refractivity contribution in [2.45, 2.75) is 30.7 Å². The first-order valence-electron chi connectivity index (χ1n) is 7.76. The van der Waals surface area contributed by atoms with Gasteiger partial charge in [0.15, 0.2) is 0 Å². The van der Waals surface area contributed by atoms with E-state index in [2.05, 4.69) is 15.3 Å². The number of anilines is 1. The van der Waals surface area contributed by atoms with Crippen molar-refractivity contribution in [2.75, 3.05) is 18.4 Å². The second-order valence-electron chi connectivity index (χ2n) is 5.82. The van der Waals surface area contributed by atoms with Gasteiger partial charge in [-0.1, -0.05) is 17.7 Å². The van der Waals surface area contributed by atoms with Crippen molar-refractivity contribution in [3.63, 3.8) is 0 Å².